The predicted molar refractivity (Wildman–Crippen MR) is 40.5 cm³/mol. The van der Waals surface area contributed by atoms with Crippen molar-refractivity contribution in [3.05, 3.63) is 0 Å². The van der Waals surface area contributed by atoms with E-state index in [1.54, 1.807) is 0 Å². The monoisotopic (exact) mass is 139 g/mol. The van der Waals surface area contributed by atoms with E-state index in [4.69, 9.17) is 0 Å². The van der Waals surface area contributed by atoms with Crippen molar-refractivity contribution < 1.29 is 0 Å². The van der Waals surface area contributed by atoms with Crippen molar-refractivity contribution in [3.8, 4) is 0 Å². The second-order valence-electron chi connectivity index (χ2n) is 3.44. The molecule has 0 spiro atoms. The minimum absolute atomic E-state index is 0.669. The third-order valence-corrected chi connectivity index (χ3v) is 2.75. The molecule has 1 atom stereocenters. The van der Waals surface area contributed by atoms with Crippen LogP contribution in [0.2, 0.25) is 0 Å². The molecule has 2 fully saturated rings. The highest BCUT2D eigenvalue weighted by molar-refractivity contribution is 4.82. The van der Waals surface area contributed by atoms with Crippen LogP contribution in [0, 0.1) is 5.92 Å². The topological polar surface area (TPSA) is 26.1 Å². The Bertz CT molecular complexity index is 87.8. The Morgan fingerprint density at radius 2 is 1.90 bits per heavy atom. The first-order valence-electron chi connectivity index (χ1n) is 4.39. The van der Waals surface area contributed by atoms with Gasteiger partial charge in [-0.25, -0.2) is 5.43 Å². The second-order valence-corrected chi connectivity index (χ2v) is 3.44. The summed E-state index contributed by atoms with van der Waals surface area (Å²) in [4.78, 5) is 0. The standard InChI is InChI=1S/C8H15N2/c1-2-4-7(3-1)8-5-6-9-10-8/h7-9H,1-6H2. The van der Waals surface area contributed by atoms with Gasteiger partial charge in [-0.2, -0.15) is 5.43 Å². The van der Waals surface area contributed by atoms with Crippen molar-refractivity contribution in [2.45, 2.75) is 38.1 Å². The molecule has 1 aliphatic carbocycles. The van der Waals surface area contributed by atoms with E-state index in [-0.39, 0.29) is 0 Å². The Morgan fingerprint density at radius 3 is 2.50 bits per heavy atom. The lowest BCUT2D eigenvalue weighted by atomic mass is 9.97. The molecule has 1 aliphatic heterocycles. The quantitative estimate of drug-likeness (QED) is 0.577. The Hall–Kier alpha value is -0.0800. The summed E-state index contributed by atoms with van der Waals surface area (Å²) in [6.45, 7) is 1.11. The van der Waals surface area contributed by atoms with E-state index in [9.17, 15) is 0 Å². The van der Waals surface area contributed by atoms with E-state index in [2.05, 4.69) is 10.9 Å². The highest BCUT2D eigenvalue weighted by Crippen LogP contribution is 2.29. The lowest BCUT2D eigenvalue weighted by Crippen LogP contribution is -2.27. The Morgan fingerprint density at radius 1 is 1.10 bits per heavy atom. The Labute approximate surface area is 62.4 Å². The number of rotatable bonds is 1. The van der Waals surface area contributed by atoms with Crippen LogP contribution in [0.15, 0.2) is 0 Å². The number of nitrogens with one attached hydrogen (secondary N) is 1. The van der Waals surface area contributed by atoms with Gasteiger partial charge < -0.3 is 0 Å². The zero-order valence-corrected chi connectivity index (χ0v) is 6.34. The summed E-state index contributed by atoms with van der Waals surface area (Å²) in [6.07, 6.45) is 7.02. The molecule has 1 N–H and O–H groups in total. The van der Waals surface area contributed by atoms with Crippen LogP contribution in [0.3, 0.4) is 0 Å². The van der Waals surface area contributed by atoms with Crippen molar-refractivity contribution in [1.29, 1.82) is 0 Å². The first kappa shape index (κ1) is 6.62. The van der Waals surface area contributed by atoms with Gasteiger partial charge in [0.2, 0.25) is 0 Å². The Balaban J connectivity index is 1.85. The average Bonchev–Trinajstić information content (AvgIpc) is 2.59. The van der Waals surface area contributed by atoms with Crippen molar-refractivity contribution in [3.63, 3.8) is 0 Å². The molecule has 2 aliphatic rings. The van der Waals surface area contributed by atoms with Gasteiger partial charge in [-0.1, -0.05) is 12.8 Å². The van der Waals surface area contributed by atoms with E-state index in [1.807, 2.05) is 0 Å². The normalized spacial score (nSPS) is 35.4. The lowest BCUT2D eigenvalue weighted by Gasteiger charge is -2.14. The third kappa shape index (κ3) is 1.18. The van der Waals surface area contributed by atoms with E-state index in [0.29, 0.717) is 6.04 Å². The first-order valence-corrected chi connectivity index (χ1v) is 4.39. The van der Waals surface area contributed by atoms with Crippen molar-refractivity contribution >= 4 is 0 Å². The maximum Gasteiger partial charge on any atom is 0.0457 e. The fraction of sp³-hybridized carbons (Fsp3) is 1.00. The van der Waals surface area contributed by atoms with Gasteiger partial charge in [0.15, 0.2) is 0 Å². The number of nitrogens with zero attached hydrogens (tertiary/aromatic N) is 1. The first-order chi connectivity index (χ1) is 4.97. The van der Waals surface area contributed by atoms with E-state index >= 15 is 0 Å². The SMILES string of the molecule is C1CCC(C2CCN[N]2)C1. The van der Waals surface area contributed by atoms with Gasteiger partial charge in [0.25, 0.3) is 0 Å². The van der Waals surface area contributed by atoms with Gasteiger partial charge in [-0.05, 0) is 25.2 Å². The van der Waals surface area contributed by atoms with Crippen molar-refractivity contribution in [2.75, 3.05) is 6.54 Å². The second kappa shape index (κ2) is 2.89. The molecule has 0 amide bonds. The van der Waals surface area contributed by atoms with Gasteiger partial charge in [-0.15, -0.1) is 0 Å². The van der Waals surface area contributed by atoms with Crippen LogP contribution in [-0.2, 0) is 0 Å². The molecule has 1 saturated carbocycles. The molecule has 0 bridgehead atoms. The smallest absolute Gasteiger partial charge is 0.0457 e. The molecular weight excluding hydrogens is 124 g/mol. The van der Waals surface area contributed by atoms with Crippen molar-refractivity contribution in [1.82, 2.24) is 10.9 Å². The van der Waals surface area contributed by atoms with Gasteiger partial charge >= 0.3 is 0 Å². The summed E-state index contributed by atoms with van der Waals surface area (Å²) in [6, 6.07) is 0.669. The number of hydrogen-bond acceptors (Lipinski definition) is 1. The molecule has 2 rings (SSSR count). The summed E-state index contributed by atoms with van der Waals surface area (Å²) in [5, 5.41) is 0. The largest absolute Gasteiger partial charge is 0.240 e. The number of hydrogen-bond donors (Lipinski definition) is 1. The van der Waals surface area contributed by atoms with Crippen LogP contribution in [0.25, 0.3) is 0 Å². The van der Waals surface area contributed by atoms with Gasteiger partial charge in [-0.3, -0.25) is 0 Å². The molecular formula is C8H15N2. The molecule has 2 heteroatoms. The highest BCUT2D eigenvalue weighted by Gasteiger charge is 2.27. The minimum Gasteiger partial charge on any atom is -0.240 e. The zero-order chi connectivity index (χ0) is 6.81. The maximum atomic E-state index is 4.37. The third-order valence-electron chi connectivity index (χ3n) is 2.75. The molecule has 2 nitrogen and oxygen atoms in total. The van der Waals surface area contributed by atoms with Crippen LogP contribution >= 0.6 is 0 Å². The predicted octanol–water partition coefficient (Wildman–Crippen LogP) is 1.06. The minimum atomic E-state index is 0.669. The molecule has 1 unspecified atom stereocenters. The summed E-state index contributed by atoms with van der Waals surface area (Å²) in [5.74, 6) is 0.926. The molecule has 0 aromatic rings. The van der Waals surface area contributed by atoms with Gasteiger partial charge in [0.1, 0.15) is 0 Å². The molecule has 0 aromatic heterocycles. The average molecular weight is 139 g/mol. The maximum absolute atomic E-state index is 4.37. The lowest BCUT2D eigenvalue weighted by molar-refractivity contribution is 0.377. The molecule has 1 saturated heterocycles. The van der Waals surface area contributed by atoms with Gasteiger partial charge in [0.05, 0.1) is 0 Å². The summed E-state index contributed by atoms with van der Waals surface area (Å²) in [5.41, 5.74) is 7.44. The molecule has 57 valence electrons. The molecule has 1 heterocycles. The molecule has 10 heavy (non-hydrogen) atoms. The van der Waals surface area contributed by atoms with Crippen LogP contribution in [0.5, 0.6) is 0 Å². The van der Waals surface area contributed by atoms with E-state index < -0.39 is 0 Å². The summed E-state index contributed by atoms with van der Waals surface area (Å²) in [7, 11) is 0. The van der Waals surface area contributed by atoms with E-state index in [0.717, 1.165) is 12.5 Å². The van der Waals surface area contributed by atoms with Crippen molar-refractivity contribution in [2.24, 2.45) is 5.92 Å². The van der Waals surface area contributed by atoms with Crippen LogP contribution in [-0.4, -0.2) is 12.6 Å². The summed E-state index contributed by atoms with van der Waals surface area (Å²) < 4.78 is 0. The highest BCUT2D eigenvalue weighted by atomic mass is 15.4. The van der Waals surface area contributed by atoms with Gasteiger partial charge in [0, 0.05) is 12.6 Å². The van der Waals surface area contributed by atoms with Crippen LogP contribution in [0.4, 0.5) is 0 Å². The van der Waals surface area contributed by atoms with Crippen LogP contribution in [0.1, 0.15) is 32.1 Å². The Kier molecular flexibility index (Phi) is 1.91. The fourth-order valence-corrected chi connectivity index (χ4v) is 2.14. The fourth-order valence-electron chi connectivity index (χ4n) is 2.14. The van der Waals surface area contributed by atoms with Crippen LogP contribution < -0.4 is 10.9 Å². The molecule has 0 aromatic carbocycles. The van der Waals surface area contributed by atoms with E-state index in [1.165, 1.54) is 32.1 Å². The summed E-state index contributed by atoms with van der Waals surface area (Å²) >= 11 is 0. The molecule has 1 radical (unpaired) electrons. The zero-order valence-electron chi connectivity index (χ0n) is 6.34.